The van der Waals surface area contributed by atoms with Gasteiger partial charge in [-0.25, -0.2) is 0 Å². The Kier molecular flexibility index (Phi) is 4.93. The molecule has 0 fully saturated rings. The molecule has 0 radical (unpaired) electrons. The number of halogens is 3. The minimum Gasteiger partial charge on any atom is -0.496 e. The zero-order valence-corrected chi connectivity index (χ0v) is 12.6. The molecule has 0 spiro atoms. The topological polar surface area (TPSA) is 35.5 Å². The van der Waals surface area contributed by atoms with Crippen molar-refractivity contribution in [3.8, 4) is 11.5 Å². The van der Waals surface area contributed by atoms with Crippen LogP contribution in [0.3, 0.4) is 0 Å². The maximum absolute atomic E-state index is 13.1. The van der Waals surface area contributed by atoms with Crippen LogP contribution in [-0.2, 0) is 12.8 Å². The summed E-state index contributed by atoms with van der Waals surface area (Å²) >= 11 is 0. The fourth-order valence-electron chi connectivity index (χ4n) is 2.10. The number of benzene rings is 2. The van der Waals surface area contributed by atoms with Crippen LogP contribution in [0.1, 0.15) is 27.0 Å². The van der Waals surface area contributed by atoms with Gasteiger partial charge in [0, 0.05) is 11.1 Å². The van der Waals surface area contributed by atoms with Gasteiger partial charge in [0.2, 0.25) is 0 Å². The molecule has 0 heterocycles. The molecule has 0 aliphatic carbocycles. The second kappa shape index (κ2) is 6.73. The fourth-order valence-corrected chi connectivity index (χ4v) is 2.10. The first-order valence-electron chi connectivity index (χ1n) is 6.78. The number of rotatable bonds is 5. The number of carbonyl (C=O) groups excluding carboxylic acids is 1. The smallest absolute Gasteiger partial charge is 0.419 e. The lowest BCUT2D eigenvalue weighted by molar-refractivity contribution is -0.139. The first-order valence-corrected chi connectivity index (χ1v) is 6.78. The number of aryl methyl sites for hydroxylation is 1. The van der Waals surface area contributed by atoms with Gasteiger partial charge in [0.05, 0.1) is 12.7 Å². The van der Waals surface area contributed by atoms with Crippen LogP contribution in [0.15, 0.2) is 36.4 Å². The lowest BCUT2D eigenvalue weighted by Crippen LogP contribution is -2.09. The lowest BCUT2D eigenvalue weighted by atomic mass is 10.1. The Morgan fingerprint density at radius 1 is 1.09 bits per heavy atom. The summed E-state index contributed by atoms with van der Waals surface area (Å²) in [6.07, 6.45) is -3.83. The summed E-state index contributed by atoms with van der Waals surface area (Å²) in [5.41, 5.74) is 0.641. The summed E-state index contributed by atoms with van der Waals surface area (Å²) in [5, 5.41) is 0. The molecule has 0 unspecified atom stereocenters. The van der Waals surface area contributed by atoms with E-state index >= 15 is 0 Å². The van der Waals surface area contributed by atoms with Crippen molar-refractivity contribution in [1.29, 1.82) is 0 Å². The van der Waals surface area contributed by atoms with E-state index in [0.717, 1.165) is 6.07 Å². The average Bonchev–Trinajstić information content (AvgIpc) is 2.52. The van der Waals surface area contributed by atoms with Gasteiger partial charge in [0.1, 0.15) is 24.4 Å². The normalized spacial score (nSPS) is 11.2. The molecule has 2 aromatic rings. The highest BCUT2D eigenvalue weighted by Crippen LogP contribution is 2.37. The average molecular weight is 324 g/mol. The second-order valence-corrected chi connectivity index (χ2v) is 4.98. The number of aldehydes is 1. The third kappa shape index (κ3) is 4.03. The van der Waals surface area contributed by atoms with Gasteiger partial charge >= 0.3 is 6.18 Å². The van der Waals surface area contributed by atoms with Crippen LogP contribution in [0.2, 0.25) is 0 Å². The minimum atomic E-state index is -4.49. The molecule has 6 heteroatoms. The summed E-state index contributed by atoms with van der Waals surface area (Å²) in [6.45, 7) is 1.48. The lowest BCUT2D eigenvalue weighted by Gasteiger charge is -2.16. The van der Waals surface area contributed by atoms with Gasteiger partial charge in [0.25, 0.3) is 0 Å². The van der Waals surface area contributed by atoms with Crippen molar-refractivity contribution in [3.05, 3.63) is 58.7 Å². The van der Waals surface area contributed by atoms with Gasteiger partial charge in [-0.05, 0) is 25.1 Å². The number of methoxy groups -OCH3 is 1. The second-order valence-electron chi connectivity index (χ2n) is 4.98. The van der Waals surface area contributed by atoms with E-state index in [-0.39, 0.29) is 12.4 Å². The van der Waals surface area contributed by atoms with Crippen molar-refractivity contribution in [2.75, 3.05) is 7.11 Å². The highest BCUT2D eigenvalue weighted by Gasteiger charge is 2.34. The molecular formula is C17H15F3O3. The Balaban J connectivity index is 2.26. The molecule has 0 aromatic heterocycles. The maximum Gasteiger partial charge on any atom is 0.419 e. The van der Waals surface area contributed by atoms with Crippen molar-refractivity contribution in [1.82, 2.24) is 0 Å². The first-order chi connectivity index (χ1) is 10.8. The van der Waals surface area contributed by atoms with E-state index in [4.69, 9.17) is 9.47 Å². The molecule has 0 saturated carbocycles. The monoisotopic (exact) mass is 324 g/mol. The fraction of sp³-hybridized carbons (Fsp3) is 0.235. The van der Waals surface area contributed by atoms with E-state index in [2.05, 4.69) is 0 Å². The Labute approximate surface area is 131 Å². The molecular weight excluding hydrogens is 309 g/mol. The van der Waals surface area contributed by atoms with Crippen molar-refractivity contribution >= 4 is 6.29 Å². The van der Waals surface area contributed by atoms with Crippen LogP contribution in [0, 0.1) is 6.92 Å². The molecule has 0 amide bonds. The molecule has 0 atom stereocenters. The third-order valence-electron chi connectivity index (χ3n) is 3.27. The van der Waals surface area contributed by atoms with Gasteiger partial charge in [-0.15, -0.1) is 0 Å². The Morgan fingerprint density at radius 3 is 2.43 bits per heavy atom. The Hall–Kier alpha value is -2.50. The molecule has 2 aromatic carbocycles. The molecule has 0 aliphatic heterocycles. The summed E-state index contributed by atoms with van der Waals surface area (Å²) in [5.74, 6) is 0.139. The number of carbonyl (C=O) groups is 1. The molecule has 0 saturated heterocycles. The minimum absolute atomic E-state index is 0.103. The van der Waals surface area contributed by atoms with Crippen LogP contribution >= 0.6 is 0 Å². The van der Waals surface area contributed by atoms with Crippen LogP contribution in [-0.4, -0.2) is 13.4 Å². The number of hydrogen-bond donors (Lipinski definition) is 0. The molecule has 3 nitrogen and oxygen atoms in total. The predicted molar refractivity (Wildman–Crippen MR) is 78.9 cm³/mol. The van der Waals surface area contributed by atoms with E-state index in [1.807, 2.05) is 0 Å². The molecule has 2 rings (SSSR count). The van der Waals surface area contributed by atoms with E-state index in [0.29, 0.717) is 28.7 Å². The predicted octanol–water partition coefficient (Wildman–Crippen LogP) is 4.41. The number of hydrogen-bond acceptors (Lipinski definition) is 3. The Morgan fingerprint density at radius 2 is 1.83 bits per heavy atom. The van der Waals surface area contributed by atoms with Gasteiger partial charge in [-0.3, -0.25) is 4.79 Å². The summed E-state index contributed by atoms with van der Waals surface area (Å²) in [4.78, 5) is 10.7. The summed E-state index contributed by atoms with van der Waals surface area (Å²) < 4.78 is 49.6. The van der Waals surface area contributed by atoms with Gasteiger partial charge in [0.15, 0.2) is 0 Å². The zero-order valence-electron chi connectivity index (χ0n) is 12.6. The summed E-state index contributed by atoms with van der Waals surface area (Å²) in [7, 11) is 1.42. The van der Waals surface area contributed by atoms with Crippen molar-refractivity contribution in [3.63, 3.8) is 0 Å². The third-order valence-corrected chi connectivity index (χ3v) is 3.27. The van der Waals surface area contributed by atoms with Crippen LogP contribution in [0.5, 0.6) is 11.5 Å². The van der Waals surface area contributed by atoms with Crippen LogP contribution < -0.4 is 9.47 Å². The quantitative estimate of drug-likeness (QED) is 0.764. The van der Waals surface area contributed by atoms with E-state index in [1.54, 1.807) is 25.1 Å². The van der Waals surface area contributed by atoms with Crippen LogP contribution in [0.4, 0.5) is 13.2 Å². The van der Waals surface area contributed by atoms with Crippen molar-refractivity contribution in [2.24, 2.45) is 0 Å². The SMILES string of the molecule is COc1cc(C=O)ccc1COc1ccc(C)cc1C(F)(F)F. The number of alkyl halides is 3. The summed E-state index contributed by atoms with van der Waals surface area (Å²) in [6, 6.07) is 8.54. The Bertz CT molecular complexity index is 709. The standard InChI is InChI=1S/C17H15F3O3/c1-11-3-6-15(14(7-11)17(18,19)20)23-10-13-5-4-12(9-21)8-16(13)22-2/h3-9H,10H2,1-2H3. The molecule has 122 valence electrons. The van der Waals surface area contributed by atoms with E-state index < -0.39 is 11.7 Å². The van der Waals surface area contributed by atoms with Crippen LogP contribution in [0.25, 0.3) is 0 Å². The highest BCUT2D eigenvalue weighted by molar-refractivity contribution is 5.75. The van der Waals surface area contributed by atoms with Crippen molar-refractivity contribution < 1.29 is 27.4 Å². The van der Waals surface area contributed by atoms with Gasteiger partial charge < -0.3 is 9.47 Å². The van der Waals surface area contributed by atoms with Gasteiger partial charge in [-0.1, -0.05) is 23.8 Å². The molecule has 23 heavy (non-hydrogen) atoms. The number of ether oxygens (including phenoxy) is 2. The first kappa shape index (κ1) is 16.9. The van der Waals surface area contributed by atoms with Crippen molar-refractivity contribution in [2.45, 2.75) is 19.7 Å². The highest BCUT2D eigenvalue weighted by atomic mass is 19.4. The van der Waals surface area contributed by atoms with E-state index in [1.165, 1.54) is 19.2 Å². The van der Waals surface area contributed by atoms with Gasteiger partial charge in [-0.2, -0.15) is 13.2 Å². The largest absolute Gasteiger partial charge is 0.496 e. The molecule has 0 N–H and O–H groups in total. The zero-order chi connectivity index (χ0) is 17.0. The van der Waals surface area contributed by atoms with E-state index in [9.17, 15) is 18.0 Å². The molecule has 0 bridgehead atoms. The molecule has 0 aliphatic rings. The maximum atomic E-state index is 13.1.